The largest absolute Gasteiger partial charge is 0.478 e. The summed E-state index contributed by atoms with van der Waals surface area (Å²) in [6, 6.07) is 18.6. The Labute approximate surface area is 169 Å². The highest BCUT2D eigenvalue weighted by molar-refractivity contribution is 5.86. The SMILES string of the molecule is N#Cc1ccc2cc(C(Oc3ccc4c(c3)C(CN)CCC4)C(=O)O)ccc2c1. The smallest absolute Gasteiger partial charge is 0.349 e. The predicted octanol–water partition coefficient (Wildman–Crippen LogP) is 4.29. The van der Waals surface area contributed by atoms with Crippen molar-refractivity contribution in [2.45, 2.75) is 31.3 Å². The van der Waals surface area contributed by atoms with Gasteiger partial charge in [0.25, 0.3) is 0 Å². The number of nitrogens with two attached hydrogens (primary N) is 1. The summed E-state index contributed by atoms with van der Waals surface area (Å²) in [6.07, 6.45) is 2.07. The molecule has 3 aromatic carbocycles. The number of fused-ring (bicyclic) bond motifs is 2. The first kappa shape index (κ1) is 19.0. The summed E-state index contributed by atoms with van der Waals surface area (Å²) in [7, 11) is 0. The van der Waals surface area contributed by atoms with Gasteiger partial charge in [-0.2, -0.15) is 5.26 Å². The Hall–Kier alpha value is -3.36. The van der Waals surface area contributed by atoms with Crippen LogP contribution in [0.15, 0.2) is 54.6 Å². The Kier molecular flexibility index (Phi) is 5.20. The molecular formula is C24H22N2O3. The van der Waals surface area contributed by atoms with Crippen molar-refractivity contribution >= 4 is 16.7 Å². The second-order valence-electron chi connectivity index (χ2n) is 7.45. The molecule has 0 fully saturated rings. The standard InChI is InChI=1S/C24H22N2O3/c25-13-15-4-5-18-11-19(7-6-17(18)10-15)23(24(27)28)29-21-9-8-16-2-1-3-20(14-26)22(16)12-21/h4-12,20,23H,1-3,14,26H2,(H,27,28). The second kappa shape index (κ2) is 7.94. The van der Waals surface area contributed by atoms with E-state index in [0.717, 1.165) is 30.0 Å². The van der Waals surface area contributed by atoms with Gasteiger partial charge in [-0.1, -0.05) is 24.3 Å². The van der Waals surface area contributed by atoms with Gasteiger partial charge in [0, 0.05) is 5.56 Å². The Morgan fingerprint density at radius 1 is 1.17 bits per heavy atom. The molecule has 5 heteroatoms. The molecule has 2 unspecified atom stereocenters. The highest BCUT2D eigenvalue weighted by atomic mass is 16.5. The van der Waals surface area contributed by atoms with E-state index >= 15 is 0 Å². The van der Waals surface area contributed by atoms with Crippen LogP contribution in [0.25, 0.3) is 10.8 Å². The maximum atomic E-state index is 12.0. The zero-order valence-corrected chi connectivity index (χ0v) is 16.0. The fourth-order valence-corrected chi connectivity index (χ4v) is 4.09. The van der Waals surface area contributed by atoms with E-state index in [1.165, 1.54) is 11.1 Å². The van der Waals surface area contributed by atoms with Gasteiger partial charge in [-0.05, 0) is 84.0 Å². The number of carbonyl (C=O) groups is 1. The molecule has 0 spiro atoms. The molecule has 3 N–H and O–H groups in total. The zero-order chi connectivity index (χ0) is 20.4. The van der Waals surface area contributed by atoms with Crippen molar-refractivity contribution in [3.63, 3.8) is 0 Å². The summed E-state index contributed by atoms with van der Waals surface area (Å²) in [5.74, 6) is -0.219. The quantitative estimate of drug-likeness (QED) is 0.682. The van der Waals surface area contributed by atoms with E-state index in [1.54, 1.807) is 24.3 Å². The Balaban J connectivity index is 1.66. The van der Waals surface area contributed by atoms with E-state index in [-0.39, 0.29) is 0 Å². The molecule has 1 aliphatic carbocycles. The van der Waals surface area contributed by atoms with Gasteiger partial charge >= 0.3 is 5.97 Å². The first-order chi connectivity index (χ1) is 14.1. The number of aryl methyl sites for hydroxylation is 1. The third-order valence-corrected chi connectivity index (χ3v) is 5.61. The Morgan fingerprint density at radius 3 is 2.72 bits per heavy atom. The highest BCUT2D eigenvalue weighted by Crippen LogP contribution is 2.35. The van der Waals surface area contributed by atoms with Gasteiger partial charge in [-0.25, -0.2) is 4.79 Å². The summed E-state index contributed by atoms with van der Waals surface area (Å²) in [4.78, 5) is 12.0. The minimum Gasteiger partial charge on any atom is -0.478 e. The van der Waals surface area contributed by atoms with Crippen LogP contribution in [0.3, 0.4) is 0 Å². The van der Waals surface area contributed by atoms with Crippen LogP contribution in [0.1, 0.15) is 47.1 Å². The van der Waals surface area contributed by atoms with Crippen LogP contribution in [0.5, 0.6) is 5.75 Å². The molecule has 0 aromatic heterocycles. The van der Waals surface area contributed by atoms with Gasteiger partial charge < -0.3 is 15.6 Å². The summed E-state index contributed by atoms with van der Waals surface area (Å²) in [5.41, 5.74) is 9.49. The summed E-state index contributed by atoms with van der Waals surface area (Å²) in [5, 5.41) is 20.6. The molecular weight excluding hydrogens is 364 g/mol. The normalized spacial score (nSPS) is 16.6. The van der Waals surface area contributed by atoms with Crippen molar-refractivity contribution < 1.29 is 14.6 Å². The molecule has 3 aromatic rings. The van der Waals surface area contributed by atoms with Crippen molar-refractivity contribution in [1.29, 1.82) is 5.26 Å². The number of aliphatic carboxylic acids is 1. The number of rotatable bonds is 5. The molecule has 0 saturated heterocycles. The van der Waals surface area contributed by atoms with Crippen LogP contribution in [0.2, 0.25) is 0 Å². The molecule has 5 nitrogen and oxygen atoms in total. The number of ether oxygens (including phenoxy) is 1. The van der Waals surface area contributed by atoms with Gasteiger partial charge in [0.1, 0.15) is 5.75 Å². The lowest BCUT2D eigenvalue weighted by Crippen LogP contribution is -2.20. The summed E-state index contributed by atoms with van der Waals surface area (Å²) >= 11 is 0. The van der Waals surface area contributed by atoms with Crippen LogP contribution >= 0.6 is 0 Å². The molecule has 0 saturated carbocycles. The number of carboxylic acid groups (broad SMARTS) is 1. The van der Waals surface area contributed by atoms with Crippen molar-refractivity contribution in [2.24, 2.45) is 5.73 Å². The van der Waals surface area contributed by atoms with E-state index in [9.17, 15) is 9.90 Å². The first-order valence-electron chi connectivity index (χ1n) is 9.75. The van der Waals surface area contributed by atoms with Gasteiger partial charge in [0.15, 0.2) is 0 Å². The minimum absolute atomic E-state index is 0.292. The molecule has 146 valence electrons. The van der Waals surface area contributed by atoms with E-state index in [4.69, 9.17) is 15.7 Å². The van der Waals surface area contributed by atoms with E-state index in [2.05, 4.69) is 6.07 Å². The number of nitriles is 1. The molecule has 0 heterocycles. The van der Waals surface area contributed by atoms with Crippen molar-refractivity contribution in [1.82, 2.24) is 0 Å². The molecule has 0 amide bonds. The molecule has 0 bridgehead atoms. The average Bonchev–Trinajstić information content (AvgIpc) is 2.76. The van der Waals surface area contributed by atoms with E-state index in [1.807, 2.05) is 30.3 Å². The molecule has 0 radical (unpaired) electrons. The monoisotopic (exact) mass is 386 g/mol. The highest BCUT2D eigenvalue weighted by Gasteiger charge is 2.24. The number of hydrogen-bond donors (Lipinski definition) is 2. The van der Waals surface area contributed by atoms with Gasteiger partial charge in [0.05, 0.1) is 11.6 Å². The van der Waals surface area contributed by atoms with Crippen LogP contribution < -0.4 is 10.5 Å². The van der Waals surface area contributed by atoms with Crippen molar-refractivity contribution in [3.8, 4) is 11.8 Å². The van der Waals surface area contributed by atoms with Gasteiger partial charge in [0.2, 0.25) is 6.10 Å². The third kappa shape index (κ3) is 3.80. The van der Waals surface area contributed by atoms with E-state index < -0.39 is 12.1 Å². The van der Waals surface area contributed by atoms with Gasteiger partial charge in [-0.3, -0.25) is 0 Å². The maximum Gasteiger partial charge on any atom is 0.349 e. The Morgan fingerprint density at radius 2 is 1.97 bits per heavy atom. The number of carboxylic acids is 1. The molecule has 2 atom stereocenters. The lowest BCUT2D eigenvalue weighted by molar-refractivity contribution is -0.145. The fourth-order valence-electron chi connectivity index (χ4n) is 4.09. The van der Waals surface area contributed by atoms with Crippen molar-refractivity contribution in [3.05, 3.63) is 76.9 Å². The first-order valence-corrected chi connectivity index (χ1v) is 9.75. The topological polar surface area (TPSA) is 96.3 Å². The predicted molar refractivity (Wildman–Crippen MR) is 111 cm³/mol. The van der Waals surface area contributed by atoms with Crippen molar-refractivity contribution in [2.75, 3.05) is 6.54 Å². The zero-order valence-electron chi connectivity index (χ0n) is 16.0. The second-order valence-corrected chi connectivity index (χ2v) is 7.45. The molecule has 0 aliphatic heterocycles. The summed E-state index contributed by atoms with van der Waals surface area (Å²) in [6.45, 7) is 0.578. The lowest BCUT2D eigenvalue weighted by Gasteiger charge is -2.25. The minimum atomic E-state index is -1.12. The average molecular weight is 386 g/mol. The van der Waals surface area contributed by atoms with Gasteiger partial charge in [-0.15, -0.1) is 0 Å². The third-order valence-electron chi connectivity index (χ3n) is 5.61. The fraction of sp³-hybridized carbons (Fsp3) is 0.250. The van der Waals surface area contributed by atoms with Crippen LogP contribution in [-0.4, -0.2) is 17.6 Å². The molecule has 29 heavy (non-hydrogen) atoms. The molecule has 1 aliphatic rings. The molecule has 4 rings (SSSR count). The lowest BCUT2D eigenvalue weighted by atomic mass is 9.83. The van der Waals surface area contributed by atoms with E-state index in [0.29, 0.717) is 29.3 Å². The number of nitrogens with zero attached hydrogens (tertiary/aromatic N) is 1. The van der Waals surface area contributed by atoms with Crippen LogP contribution in [-0.2, 0) is 11.2 Å². The Bertz CT molecular complexity index is 1120. The van der Waals surface area contributed by atoms with Crippen LogP contribution in [0.4, 0.5) is 0 Å². The van der Waals surface area contributed by atoms with Crippen LogP contribution in [0, 0.1) is 11.3 Å². The number of benzene rings is 3. The number of hydrogen-bond acceptors (Lipinski definition) is 4. The summed E-state index contributed by atoms with van der Waals surface area (Å²) < 4.78 is 5.92. The maximum absolute atomic E-state index is 12.0.